The number of hydrogen-bond acceptors (Lipinski definition) is 4. The van der Waals surface area contributed by atoms with Gasteiger partial charge in [0.15, 0.2) is 0 Å². The molecule has 11 heavy (non-hydrogen) atoms. The van der Waals surface area contributed by atoms with Gasteiger partial charge in [0.2, 0.25) is 5.60 Å². The van der Waals surface area contributed by atoms with Gasteiger partial charge in [-0.05, 0) is 6.92 Å². The minimum Gasteiger partial charge on any atom is -0.479 e. The summed E-state index contributed by atoms with van der Waals surface area (Å²) >= 11 is 0. The van der Waals surface area contributed by atoms with Gasteiger partial charge in [0.1, 0.15) is 6.10 Å². The number of carboxylic acid groups (broad SMARTS) is 1. The first-order valence-corrected chi connectivity index (χ1v) is 3.25. The molecule has 64 valence electrons. The van der Waals surface area contributed by atoms with Crippen LogP contribution in [0, 0.1) is 0 Å². The van der Waals surface area contributed by atoms with Gasteiger partial charge in [-0.3, -0.25) is 0 Å². The lowest BCUT2D eigenvalue weighted by atomic mass is 9.94. The molecule has 1 saturated heterocycles. The minimum atomic E-state index is -2.14. The smallest absolute Gasteiger partial charge is 0.341 e. The Morgan fingerprint density at radius 1 is 1.73 bits per heavy atom. The first-order chi connectivity index (χ1) is 4.99. The molecule has 1 aliphatic rings. The molecule has 0 aromatic carbocycles. The zero-order chi connectivity index (χ0) is 8.65. The number of ether oxygens (including phenoxy) is 1. The summed E-state index contributed by atoms with van der Waals surface area (Å²) in [6.07, 6.45) is -2.20. The molecule has 0 aromatic heterocycles. The fourth-order valence-electron chi connectivity index (χ4n) is 1.08. The van der Waals surface area contributed by atoms with Crippen LogP contribution < -0.4 is 0 Å². The maximum atomic E-state index is 10.5. The molecule has 0 unspecified atom stereocenters. The lowest BCUT2D eigenvalue weighted by Gasteiger charge is -2.23. The van der Waals surface area contributed by atoms with E-state index >= 15 is 0 Å². The van der Waals surface area contributed by atoms with Gasteiger partial charge in [0.25, 0.3) is 0 Å². The summed E-state index contributed by atoms with van der Waals surface area (Å²) < 4.78 is 4.76. The van der Waals surface area contributed by atoms with Crippen molar-refractivity contribution in [2.75, 3.05) is 6.61 Å². The van der Waals surface area contributed by atoms with Gasteiger partial charge in [0, 0.05) is 0 Å². The van der Waals surface area contributed by atoms with Crippen LogP contribution in [0.25, 0.3) is 0 Å². The molecule has 0 amide bonds. The van der Waals surface area contributed by atoms with Gasteiger partial charge in [-0.1, -0.05) is 0 Å². The van der Waals surface area contributed by atoms with Crippen molar-refractivity contribution in [1.82, 2.24) is 0 Å². The third-order valence-electron chi connectivity index (χ3n) is 1.97. The lowest BCUT2D eigenvalue weighted by molar-refractivity contribution is -0.171. The van der Waals surface area contributed by atoms with Crippen molar-refractivity contribution in [3.8, 4) is 0 Å². The maximum Gasteiger partial charge on any atom is 0.341 e. The molecule has 0 aromatic rings. The van der Waals surface area contributed by atoms with Crippen LogP contribution in [-0.2, 0) is 9.53 Å². The van der Waals surface area contributed by atoms with Crippen LogP contribution in [0.5, 0.6) is 0 Å². The fraction of sp³-hybridized carbons (Fsp3) is 0.833. The maximum absolute atomic E-state index is 10.5. The van der Waals surface area contributed by atoms with Gasteiger partial charge < -0.3 is 20.1 Å². The monoisotopic (exact) mass is 162 g/mol. The van der Waals surface area contributed by atoms with E-state index in [0.717, 1.165) is 0 Å². The molecule has 5 nitrogen and oxygen atoms in total. The Morgan fingerprint density at radius 3 is 2.45 bits per heavy atom. The average molecular weight is 162 g/mol. The highest BCUT2D eigenvalue weighted by atomic mass is 16.5. The molecule has 0 radical (unpaired) electrons. The van der Waals surface area contributed by atoms with Crippen LogP contribution in [0.3, 0.4) is 0 Å². The fourth-order valence-corrected chi connectivity index (χ4v) is 1.08. The molecule has 3 N–H and O–H groups in total. The van der Waals surface area contributed by atoms with E-state index < -0.39 is 23.8 Å². The summed E-state index contributed by atoms with van der Waals surface area (Å²) in [7, 11) is 0. The highest BCUT2D eigenvalue weighted by molar-refractivity contribution is 5.79. The van der Waals surface area contributed by atoms with Gasteiger partial charge in [-0.2, -0.15) is 0 Å². The molecule has 0 bridgehead atoms. The number of aliphatic carboxylic acids is 1. The Bertz CT molecular complexity index is 168. The Labute approximate surface area is 63.2 Å². The van der Waals surface area contributed by atoms with Crippen molar-refractivity contribution in [3.63, 3.8) is 0 Å². The van der Waals surface area contributed by atoms with E-state index in [1.165, 1.54) is 6.92 Å². The standard InChI is InChI=1S/C6H10O5/c1-3-6(10,5(8)9)4(7)2-11-3/h3-4,7,10H,2H2,1H3,(H,8,9)/t3-,4+,6+/m0/s1. The van der Waals surface area contributed by atoms with E-state index in [1.807, 2.05) is 0 Å². The van der Waals surface area contributed by atoms with E-state index in [1.54, 1.807) is 0 Å². The molecule has 1 aliphatic heterocycles. The number of carboxylic acids is 1. The second-order valence-corrected chi connectivity index (χ2v) is 2.62. The van der Waals surface area contributed by atoms with Crippen LogP contribution in [-0.4, -0.2) is 45.7 Å². The van der Waals surface area contributed by atoms with Crippen LogP contribution in [0.4, 0.5) is 0 Å². The topological polar surface area (TPSA) is 87.0 Å². The summed E-state index contributed by atoms with van der Waals surface area (Å²) in [4.78, 5) is 10.5. The molecule has 1 heterocycles. The van der Waals surface area contributed by atoms with E-state index in [2.05, 4.69) is 0 Å². The minimum absolute atomic E-state index is 0.135. The number of carbonyl (C=O) groups is 1. The molecule has 1 fully saturated rings. The summed E-state index contributed by atoms with van der Waals surface area (Å²) in [5.41, 5.74) is -2.14. The molecule has 0 spiro atoms. The summed E-state index contributed by atoms with van der Waals surface area (Å²) in [6, 6.07) is 0. The number of aliphatic hydroxyl groups is 2. The van der Waals surface area contributed by atoms with Crippen LogP contribution in [0.2, 0.25) is 0 Å². The molecular weight excluding hydrogens is 152 g/mol. The van der Waals surface area contributed by atoms with E-state index in [0.29, 0.717) is 0 Å². The second-order valence-electron chi connectivity index (χ2n) is 2.62. The van der Waals surface area contributed by atoms with Crippen molar-refractivity contribution in [2.45, 2.75) is 24.7 Å². The van der Waals surface area contributed by atoms with Gasteiger partial charge in [0.05, 0.1) is 12.7 Å². The third kappa shape index (κ3) is 1.01. The van der Waals surface area contributed by atoms with Crippen LogP contribution >= 0.6 is 0 Å². The van der Waals surface area contributed by atoms with Crippen molar-refractivity contribution < 1.29 is 24.9 Å². The molecule has 0 saturated carbocycles. The van der Waals surface area contributed by atoms with Gasteiger partial charge in [-0.25, -0.2) is 4.79 Å². The molecule has 5 heteroatoms. The summed E-state index contributed by atoms with van der Waals surface area (Å²) in [5, 5.41) is 26.9. The largest absolute Gasteiger partial charge is 0.479 e. The first-order valence-electron chi connectivity index (χ1n) is 3.25. The highest BCUT2D eigenvalue weighted by Crippen LogP contribution is 2.26. The Morgan fingerprint density at radius 2 is 2.27 bits per heavy atom. The molecule has 0 aliphatic carbocycles. The lowest BCUT2D eigenvalue weighted by Crippen LogP contribution is -2.52. The average Bonchev–Trinajstić information content (AvgIpc) is 2.18. The number of aliphatic hydroxyl groups excluding tert-OH is 1. The Balaban J connectivity index is 2.88. The SMILES string of the molecule is C[C@@H]1OC[C@@H](O)[C@@]1(O)C(=O)O. The number of hydrogen-bond donors (Lipinski definition) is 3. The summed E-state index contributed by atoms with van der Waals surface area (Å²) in [5.74, 6) is -1.45. The van der Waals surface area contributed by atoms with Gasteiger partial charge >= 0.3 is 5.97 Å². The summed E-state index contributed by atoms with van der Waals surface area (Å²) in [6.45, 7) is 1.27. The van der Waals surface area contributed by atoms with E-state index in [9.17, 15) is 9.90 Å². The predicted molar refractivity (Wildman–Crippen MR) is 34.0 cm³/mol. The molecule has 1 rings (SSSR count). The zero-order valence-electron chi connectivity index (χ0n) is 6.02. The van der Waals surface area contributed by atoms with Crippen molar-refractivity contribution in [3.05, 3.63) is 0 Å². The highest BCUT2D eigenvalue weighted by Gasteiger charge is 2.54. The second kappa shape index (κ2) is 2.44. The van der Waals surface area contributed by atoms with E-state index in [-0.39, 0.29) is 6.61 Å². The normalized spacial score (nSPS) is 44.3. The molecule has 3 atom stereocenters. The Kier molecular flexibility index (Phi) is 1.87. The van der Waals surface area contributed by atoms with Crippen LogP contribution in [0.15, 0.2) is 0 Å². The van der Waals surface area contributed by atoms with Gasteiger partial charge in [-0.15, -0.1) is 0 Å². The first kappa shape index (κ1) is 8.45. The van der Waals surface area contributed by atoms with E-state index in [4.69, 9.17) is 14.9 Å². The predicted octanol–water partition coefficient (Wildman–Crippen LogP) is -1.42. The number of rotatable bonds is 1. The quantitative estimate of drug-likeness (QED) is 0.440. The zero-order valence-corrected chi connectivity index (χ0v) is 6.02. The van der Waals surface area contributed by atoms with Crippen molar-refractivity contribution in [1.29, 1.82) is 0 Å². The van der Waals surface area contributed by atoms with Crippen molar-refractivity contribution >= 4 is 5.97 Å². The van der Waals surface area contributed by atoms with Crippen LogP contribution in [0.1, 0.15) is 6.92 Å². The Hall–Kier alpha value is -0.650. The molecular formula is C6H10O5. The third-order valence-corrected chi connectivity index (χ3v) is 1.97. The van der Waals surface area contributed by atoms with Crippen molar-refractivity contribution in [2.24, 2.45) is 0 Å².